The molecular formula is C10H10N2O3S. The summed E-state index contributed by atoms with van der Waals surface area (Å²) >= 11 is 0. The van der Waals surface area contributed by atoms with Gasteiger partial charge in [0.2, 0.25) is 0 Å². The van der Waals surface area contributed by atoms with Gasteiger partial charge in [0, 0.05) is 23.4 Å². The molecule has 2 aliphatic heterocycles. The van der Waals surface area contributed by atoms with Gasteiger partial charge in [-0.05, 0) is 18.9 Å². The van der Waals surface area contributed by atoms with E-state index in [1.807, 2.05) is 0 Å². The highest BCUT2D eigenvalue weighted by atomic mass is 32.2. The lowest BCUT2D eigenvalue weighted by molar-refractivity contribution is -0.384. The Bertz CT molecular complexity index is 602. The zero-order chi connectivity index (χ0) is 11.3. The van der Waals surface area contributed by atoms with Gasteiger partial charge < -0.3 is 0 Å². The molecule has 2 atom stereocenters. The normalized spacial score (nSPS) is 30.6. The van der Waals surface area contributed by atoms with E-state index < -0.39 is 14.7 Å². The smallest absolute Gasteiger partial charge is 0.258 e. The van der Waals surface area contributed by atoms with Crippen LogP contribution in [-0.2, 0) is 9.73 Å². The van der Waals surface area contributed by atoms with E-state index in [2.05, 4.69) is 4.36 Å². The third-order valence-corrected chi connectivity index (χ3v) is 5.93. The Morgan fingerprint density at radius 2 is 2.31 bits per heavy atom. The van der Waals surface area contributed by atoms with Gasteiger partial charge in [0.1, 0.15) is 0 Å². The quantitative estimate of drug-likeness (QED) is 0.557. The molecule has 2 unspecified atom stereocenters. The molecule has 1 fully saturated rings. The van der Waals surface area contributed by atoms with Crippen molar-refractivity contribution >= 4 is 21.1 Å². The Labute approximate surface area is 92.8 Å². The van der Waals surface area contributed by atoms with E-state index in [-0.39, 0.29) is 10.9 Å². The van der Waals surface area contributed by atoms with Crippen molar-refractivity contribution in [2.24, 2.45) is 4.36 Å². The second kappa shape index (κ2) is 3.04. The van der Waals surface area contributed by atoms with Gasteiger partial charge in [-0.2, -0.15) is 4.36 Å². The zero-order valence-electron chi connectivity index (χ0n) is 8.46. The number of hydrogen-bond acceptors (Lipinski definition) is 4. The van der Waals surface area contributed by atoms with Crippen LogP contribution in [-0.4, -0.2) is 14.9 Å². The summed E-state index contributed by atoms with van der Waals surface area (Å²) in [5, 5.41) is 10.6. The average Bonchev–Trinajstić information content (AvgIpc) is 2.70. The minimum absolute atomic E-state index is 0.0597. The van der Waals surface area contributed by atoms with Crippen LogP contribution in [0.25, 0.3) is 0 Å². The number of benzene rings is 1. The standard InChI is InChI=1S/C10H10N2O3S/c13-12(14)7-3-4-9-8(6-7)10-2-1-5-16(10,15)11-9/h3-4,6,10H,1-2,5H2. The zero-order valence-corrected chi connectivity index (χ0v) is 9.27. The van der Waals surface area contributed by atoms with Crippen LogP contribution in [0.3, 0.4) is 0 Å². The van der Waals surface area contributed by atoms with Crippen molar-refractivity contribution in [2.45, 2.75) is 18.1 Å². The Balaban J connectivity index is 2.18. The van der Waals surface area contributed by atoms with Gasteiger partial charge in [-0.1, -0.05) is 0 Å². The van der Waals surface area contributed by atoms with Gasteiger partial charge in [0.15, 0.2) is 0 Å². The van der Waals surface area contributed by atoms with E-state index in [1.54, 1.807) is 6.07 Å². The van der Waals surface area contributed by atoms with E-state index >= 15 is 0 Å². The number of non-ortho nitro benzene ring substituents is 1. The maximum absolute atomic E-state index is 12.3. The molecule has 2 aliphatic rings. The van der Waals surface area contributed by atoms with E-state index in [4.69, 9.17) is 0 Å². The summed E-state index contributed by atoms with van der Waals surface area (Å²) in [7, 11) is -2.16. The molecule has 16 heavy (non-hydrogen) atoms. The molecule has 2 heterocycles. The van der Waals surface area contributed by atoms with Crippen LogP contribution in [0.1, 0.15) is 23.7 Å². The minimum atomic E-state index is -2.16. The molecule has 0 amide bonds. The first-order valence-corrected chi connectivity index (χ1v) is 6.87. The largest absolute Gasteiger partial charge is 0.269 e. The number of nitro groups is 1. The van der Waals surface area contributed by atoms with Crippen molar-refractivity contribution in [1.82, 2.24) is 0 Å². The molecule has 1 saturated heterocycles. The lowest BCUT2D eigenvalue weighted by Crippen LogP contribution is -2.02. The van der Waals surface area contributed by atoms with Crippen LogP contribution in [0.2, 0.25) is 0 Å². The maximum atomic E-state index is 12.3. The summed E-state index contributed by atoms with van der Waals surface area (Å²) < 4.78 is 16.6. The van der Waals surface area contributed by atoms with Crippen molar-refractivity contribution < 1.29 is 9.13 Å². The Kier molecular flexibility index (Phi) is 1.85. The maximum Gasteiger partial charge on any atom is 0.269 e. The molecule has 1 aromatic rings. The molecule has 0 bridgehead atoms. The van der Waals surface area contributed by atoms with Gasteiger partial charge in [-0.15, -0.1) is 0 Å². The number of rotatable bonds is 1. The van der Waals surface area contributed by atoms with Gasteiger partial charge in [0.05, 0.1) is 25.6 Å². The summed E-state index contributed by atoms with van der Waals surface area (Å²) in [5.74, 6) is 0.625. The summed E-state index contributed by atoms with van der Waals surface area (Å²) in [6.07, 6.45) is 1.73. The number of nitrogens with zero attached hydrogens (tertiary/aromatic N) is 2. The first-order valence-electron chi connectivity index (χ1n) is 5.12. The highest BCUT2D eigenvalue weighted by Crippen LogP contribution is 2.48. The minimum Gasteiger partial charge on any atom is -0.258 e. The van der Waals surface area contributed by atoms with Gasteiger partial charge in [-0.25, -0.2) is 4.21 Å². The number of fused-ring (bicyclic) bond motifs is 3. The van der Waals surface area contributed by atoms with Crippen LogP contribution in [0.4, 0.5) is 11.4 Å². The van der Waals surface area contributed by atoms with Crippen molar-refractivity contribution in [1.29, 1.82) is 0 Å². The predicted molar refractivity (Wildman–Crippen MR) is 60.2 cm³/mol. The molecule has 6 heteroatoms. The van der Waals surface area contributed by atoms with Crippen molar-refractivity contribution in [3.8, 4) is 0 Å². The Morgan fingerprint density at radius 3 is 3.06 bits per heavy atom. The van der Waals surface area contributed by atoms with Crippen LogP contribution in [0.5, 0.6) is 0 Å². The van der Waals surface area contributed by atoms with Crippen LogP contribution in [0, 0.1) is 10.1 Å². The van der Waals surface area contributed by atoms with Crippen molar-refractivity contribution in [2.75, 3.05) is 5.75 Å². The van der Waals surface area contributed by atoms with Gasteiger partial charge >= 0.3 is 0 Å². The first kappa shape index (κ1) is 9.77. The molecule has 0 aromatic heterocycles. The Hall–Kier alpha value is -1.43. The first-order chi connectivity index (χ1) is 7.60. The second-order valence-corrected chi connectivity index (χ2v) is 6.66. The van der Waals surface area contributed by atoms with E-state index in [0.717, 1.165) is 18.4 Å². The van der Waals surface area contributed by atoms with Crippen LogP contribution < -0.4 is 0 Å². The van der Waals surface area contributed by atoms with E-state index in [0.29, 0.717) is 11.4 Å². The van der Waals surface area contributed by atoms with Crippen molar-refractivity contribution in [3.63, 3.8) is 0 Å². The van der Waals surface area contributed by atoms with Crippen LogP contribution >= 0.6 is 0 Å². The molecule has 0 radical (unpaired) electrons. The number of hydrogen-bond donors (Lipinski definition) is 0. The fourth-order valence-electron chi connectivity index (χ4n) is 2.43. The molecular weight excluding hydrogens is 228 g/mol. The molecule has 5 nitrogen and oxygen atoms in total. The van der Waals surface area contributed by atoms with Crippen LogP contribution in [0.15, 0.2) is 22.6 Å². The monoisotopic (exact) mass is 238 g/mol. The van der Waals surface area contributed by atoms with Crippen molar-refractivity contribution in [3.05, 3.63) is 33.9 Å². The van der Waals surface area contributed by atoms with Gasteiger partial charge in [0.25, 0.3) is 5.69 Å². The third kappa shape index (κ3) is 1.19. The molecule has 0 N–H and O–H groups in total. The molecule has 3 rings (SSSR count). The van der Waals surface area contributed by atoms with E-state index in [1.165, 1.54) is 12.1 Å². The summed E-state index contributed by atoms with van der Waals surface area (Å²) in [6, 6.07) is 4.56. The fraction of sp³-hybridized carbons (Fsp3) is 0.400. The second-order valence-electron chi connectivity index (χ2n) is 4.12. The molecule has 0 spiro atoms. The summed E-state index contributed by atoms with van der Waals surface area (Å²) in [4.78, 5) is 10.3. The molecule has 1 aromatic carbocycles. The summed E-state index contributed by atoms with van der Waals surface area (Å²) in [5.41, 5.74) is 1.54. The van der Waals surface area contributed by atoms with E-state index in [9.17, 15) is 14.3 Å². The van der Waals surface area contributed by atoms with Gasteiger partial charge in [-0.3, -0.25) is 10.1 Å². The fourth-order valence-corrected chi connectivity index (χ4v) is 5.13. The lowest BCUT2D eigenvalue weighted by atomic mass is 10.1. The average molecular weight is 238 g/mol. The molecule has 0 saturated carbocycles. The topological polar surface area (TPSA) is 72.6 Å². The SMILES string of the molecule is O=[N+]([O-])c1ccc2c(c1)C1CCCS1(=O)=N2. The summed E-state index contributed by atoms with van der Waals surface area (Å²) in [6.45, 7) is 0. The Morgan fingerprint density at radius 1 is 1.50 bits per heavy atom. The highest BCUT2D eigenvalue weighted by Gasteiger charge is 2.38. The lowest BCUT2D eigenvalue weighted by Gasteiger charge is -2.05. The molecule has 84 valence electrons. The predicted octanol–water partition coefficient (Wildman–Crippen LogP) is 2.54. The highest BCUT2D eigenvalue weighted by molar-refractivity contribution is 7.94. The number of nitro benzene ring substituents is 1. The third-order valence-electron chi connectivity index (χ3n) is 3.17. The molecule has 0 aliphatic carbocycles.